The number of nitro groups is 1. The molecule has 0 aromatic heterocycles. The van der Waals surface area contributed by atoms with E-state index < -0.39 is 0 Å². The van der Waals surface area contributed by atoms with Crippen molar-refractivity contribution in [2.24, 2.45) is 0 Å². The Morgan fingerprint density at radius 2 is 2.05 bits per heavy atom. The van der Waals surface area contributed by atoms with Gasteiger partial charge in [-0.05, 0) is 42.0 Å². The second kappa shape index (κ2) is 5.66. The van der Waals surface area contributed by atoms with Gasteiger partial charge in [0.15, 0.2) is 0 Å². The van der Waals surface area contributed by atoms with Gasteiger partial charge in [0, 0.05) is 24.7 Å². The second-order valence-corrected chi connectivity index (χ2v) is 5.61. The lowest BCUT2D eigenvalue weighted by Crippen LogP contribution is -2.15. The molecule has 1 N–H and O–H groups in total. The molecule has 4 heteroatoms. The molecule has 1 saturated carbocycles. The first kappa shape index (κ1) is 13.8. The molecule has 0 spiro atoms. The molecule has 0 atom stereocenters. The summed E-state index contributed by atoms with van der Waals surface area (Å²) < 4.78 is 0. The smallest absolute Gasteiger partial charge is 0.270 e. The molecule has 3 rings (SSSR count). The highest BCUT2D eigenvalue weighted by atomic mass is 16.6. The minimum Gasteiger partial charge on any atom is -0.310 e. The van der Waals surface area contributed by atoms with Gasteiger partial charge in [0.25, 0.3) is 5.69 Å². The van der Waals surface area contributed by atoms with E-state index in [1.54, 1.807) is 12.1 Å². The topological polar surface area (TPSA) is 55.2 Å². The summed E-state index contributed by atoms with van der Waals surface area (Å²) in [6.07, 6.45) is 2.56. The number of nitro benzene ring substituents is 1. The molecule has 0 aliphatic heterocycles. The van der Waals surface area contributed by atoms with Crippen molar-refractivity contribution in [2.45, 2.75) is 32.4 Å². The summed E-state index contributed by atoms with van der Waals surface area (Å²) in [5, 5.41) is 14.4. The van der Waals surface area contributed by atoms with Gasteiger partial charge in [-0.15, -0.1) is 0 Å². The number of non-ortho nitro benzene ring substituents is 1. The first-order valence-corrected chi connectivity index (χ1v) is 7.21. The van der Waals surface area contributed by atoms with Crippen LogP contribution < -0.4 is 5.32 Å². The monoisotopic (exact) mass is 282 g/mol. The van der Waals surface area contributed by atoms with Crippen molar-refractivity contribution < 1.29 is 4.92 Å². The van der Waals surface area contributed by atoms with Gasteiger partial charge < -0.3 is 5.32 Å². The van der Waals surface area contributed by atoms with Crippen LogP contribution in [0.5, 0.6) is 0 Å². The highest BCUT2D eigenvalue weighted by Gasteiger charge is 2.20. The van der Waals surface area contributed by atoms with Crippen molar-refractivity contribution in [1.29, 1.82) is 0 Å². The number of nitrogens with one attached hydrogen (secondary N) is 1. The fourth-order valence-corrected chi connectivity index (χ4v) is 2.50. The average Bonchev–Trinajstić information content (AvgIpc) is 3.29. The van der Waals surface area contributed by atoms with Gasteiger partial charge in [-0.1, -0.05) is 30.3 Å². The summed E-state index contributed by atoms with van der Waals surface area (Å²) in [6.45, 7) is 2.94. The van der Waals surface area contributed by atoms with Crippen LogP contribution in [0.2, 0.25) is 0 Å². The van der Waals surface area contributed by atoms with Crippen molar-refractivity contribution in [3.8, 4) is 11.1 Å². The van der Waals surface area contributed by atoms with E-state index in [9.17, 15) is 10.1 Å². The highest BCUT2D eigenvalue weighted by molar-refractivity contribution is 5.69. The minimum atomic E-state index is -0.354. The van der Waals surface area contributed by atoms with Crippen LogP contribution in [0, 0.1) is 17.0 Å². The first-order valence-electron chi connectivity index (χ1n) is 7.21. The Kier molecular flexibility index (Phi) is 3.71. The summed E-state index contributed by atoms with van der Waals surface area (Å²) in [6, 6.07) is 13.8. The lowest BCUT2D eigenvalue weighted by molar-refractivity contribution is -0.384. The van der Waals surface area contributed by atoms with Crippen molar-refractivity contribution in [1.82, 2.24) is 5.32 Å². The number of benzene rings is 2. The van der Waals surface area contributed by atoms with Gasteiger partial charge in [-0.25, -0.2) is 0 Å². The fraction of sp³-hybridized carbons (Fsp3) is 0.294. The van der Waals surface area contributed by atoms with Crippen molar-refractivity contribution in [3.63, 3.8) is 0 Å². The van der Waals surface area contributed by atoms with E-state index in [2.05, 4.69) is 30.4 Å². The van der Waals surface area contributed by atoms with E-state index in [1.165, 1.54) is 24.5 Å². The number of hydrogen-bond donors (Lipinski definition) is 1. The molecular formula is C17H18N2O2. The molecule has 4 nitrogen and oxygen atoms in total. The number of rotatable bonds is 5. The summed E-state index contributed by atoms with van der Waals surface area (Å²) >= 11 is 0. The largest absolute Gasteiger partial charge is 0.310 e. The summed E-state index contributed by atoms with van der Waals surface area (Å²) in [4.78, 5) is 10.5. The van der Waals surface area contributed by atoms with Crippen LogP contribution in [0.1, 0.15) is 24.0 Å². The number of hydrogen-bond acceptors (Lipinski definition) is 3. The van der Waals surface area contributed by atoms with Crippen LogP contribution in [0.4, 0.5) is 5.69 Å². The molecule has 0 saturated heterocycles. The molecule has 0 radical (unpaired) electrons. The van der Waals surface area contributed by atoms with E-state index in [0.29, 0.717) is 6.04 Å². The van der Waals surface area contributed by atoms with E-state index in [0.717, 1.165) is 23.2 Å². The maximum atomic E-state index is 10.9. The van der Waals surface area contributed by atoms with Crippen LogP contribution in [-0.2, 0) is 6.54 Å². The predicted molar refractivity (Wildman–Crippen MR) is 83.1 cm³/mol. The van der Waals surface area contributed by atoms with Gasteiger partial charge in [0.1, 0.15) is 0 Å². The lowest BCUT2D eigenvalue weighted by Gasteiger charge is -2.09. The third-order valence-electron chi connectivity index (χ3n) is 3.83. The van der Waals surface area contributed by atoms with Gasteiger partial charge in [-0.3, -0.25) is 10.1 Å². The molecule has 21 heavy (non-hydrogen) atoms. The van der Waals surface area contributed by atoms with E-state index >= 15 is 0 Å². The van der Waals surface area contributed by atoms with Crippen molar-refractivity contribution in [3.05, 3.63) is 63.7 Å². The highest BCUT2D eigenvalue weighted by Crippen LogP contribution is 2.27. The van der Waals surface area contributed by atoms with Gasteiger partial charge in [0.05, 0.1) is 4.92 Å². The Balaban J connectivity index is 1.84. The Bertz CT molecular complexity index is 678. The molecule has 0 unspecified atom stereocenters. The van der Waals surface area contributed by atoms with Crippen LogP contribution in [0.25, 0.3) is 11.1 Å². The lowest BCUT2D eigenvalue weighted by atomic mass is 9.98. The zero-order valence-electron chi connectivity index (χ0n) is 12.0. The summed E-state index contributed by atoms with van der Waals surface area (Å²) in [5.74, 6) is 0. The number of aryl methyl sites for hydroxylation is 1. The average molecular weight is 282 g/mol. The minimum absolute atomic E-state index is 0.131. The quantitative estimate of drug-likeness (QED) is 0.670. The van der Waals surface area contributed by atoms with Crippen LogP contribution in [0.3, 0.4) is 0 Å². The fourth-order valence-electron chi connectivity index (χ4n) is 2.50. The Morgan fingerprint density at radius 3 is 2.71 bits per heavy atom. The molecule has 0 bridgehead atoms. The molecule has 0 heterocycles. The standard InChI is InChI=1S/C17H18N2O2/c1-12-9-13(11-18-15-6-7-15)5-8-17(12)14-3-2-4-16(10-14)19(20)21/h2-5,8-10,15,18H,6-7,11H2,1H3. The summed E-state index contributed by atoms with van der Waals surface area (Å²) in [5.41, 5.74) is 4.47. The van der Waals surface area contributed by atoms with Gasteiger partial charge in [-0.2, -0.15) is 0 Å². The van der Waals surface area contributed by atoms with E-state index in [-0.39, 0.29) is 10.6 Å². The van der Waals surface area contributed by atoms with Crippen LogP contribution in [0.15, 0.2) is 42.5 Å². The molecule has 1 aliphatic rings. The third-order valence-corrected chi connectivity index (χ3v) is 3.83. The number of nitrogens with zero attached hydrogens (tertiary/aromatic N) is 1. The normalized spacial score (nSPS) is 14.1. The maximum absolute atomic E-state index is 10.9. The zero-order chi connectivity index (χ0) is 14.8. The second-order valence-electron chi connectivity index (χ2n) is 5.61. The molecular weight excluding hydrogens is 264 g/mol. The first-order chi connectivity index (χ1) is 10.1. The predicted octanol–water partition coefficient (Wildman–Crippen LogP) is 3.82. The molecule has 0 amide bonds. The van der Waals surface area contributed by atoms with E-state index in [4.69, 9.17) is 0 Å². The van der Waals surface area contributed by atoms with Crippen molar-refractivity contribution >= 4 is 5.69 Å². The summed E-state index contributed by atoms with van der Waals surface area (Å²) in [7, 11) is 0. The van der Waals surface area contributed by atoms with Crippen LogP contribution >= 0.6 is 0 Å². The molecule has 108 valence electrons. The van der Waals surface area contributed by atoms with Crippen molar-refractivity contribution in [2.75, 3.05) is 0 Å². The molecule has 2 aromatic carbocycles. The Hall–Kier alpha value is -2.20. The van der Waals surface area contributed by atoms with Gasteiger partial charge >= 0.3 is 0 Å². The third kappa shape index (κ3) is 3.28. The Morgan fingerprint density at radius 1 is 1.24 bits per heavy atom. The molecule has 2 aromatic rings. The molecule has 1 fully saturated rings. The maximum Gasteiger partial charge on any atom is 0.270 e. The molecule has 1 aliphatic carbocycles. The Labute approximate surface area is 124 Å². The van der Waals surface area contributed by atoms with Gasteiger partial charge in [0.2, 0.25) is 0 Å². The van der Waals surface area contributed by atoms with E-state index in [1.807, 2.05) is 6.07 Å². The zero-order valence-corrected chi connectivity index (χ0v) is 12.0. The SMILES string of the molecule is Cc1cc(CNC2CC2)ccc1-c1cccc([N+](=O)[O-])c1. The van der Waals surface area contributed by atoms with Crippen LogP contribution in [-0.4, -0.2) is 11.0 Å².